The van der Waals surface area contributed by atoms with Crippen LogP contribution in [0.15, 0.2) is 41.8 Å². The first-order chi connectivity index (χ1) is 13.6. The van der Waals surface area contributed by atoms with Gasteiger partial charge < -0.3 is 15.2 Å². The third-order valence-electron chi connectivity index (χ3n) is 3.56. The number of thiazole rings is 1. The maximum absolute atomic E-state index is 14.1. The van der Waals surface area contributed by atoms with Crippen molar-refractivity contribution in [2.45, 2.75) is 13.0 Å². The number of hydrogen-bond donors (Lipinski definition) is 1. The molecule has 0 radical (unpaired) electrons. The first kappa shape index (κ1) is 20.5. The fourth-order valence-corrected chi connectivity index (χ4v) is 3.14. The number of primary amides is 1. The minimum Gasteiger partial charge on any atom is -0.484 e. The Morgan fingerprint density at radius 1 is 1.10 bits per heavy atom. The zero-order valence-corrected chi connectivity index (χ0v) is 15.1. The molecule has 11 heteroatoms. The third kappa shape index (κ3) is 4.99. The summed E-state index contributed by atoms with van der Waals surface area (Å²) in [6, 6.07) is 6.99. The Morgan fingerprint density at radius 3 is 2.41 bits per heavy atom. The summed E-state index contributed by atoms with van der Waals surface area (Å²) in [4.78, 5) is 15.4. The number of alkyl halides is 3. The molecule has 1 heterocycles. The van der Waals surface area contributed by atoms with Crippen molar-refractivity contribution in [3.05, 3.63) is 64.7 Å². The summed E-state index contributed by atoms with van der Waals surface area (Å²) in [5.74, 6) is -4.31. The predicted molar refractivity (Wildman–Crippen MR) is 93.4 cm³/mol. The summed E-state index contributed by atoms with van der Waals surface area (Å²) in [7, 11) is 0. The summed E-state index contributed by atoms with van der Waals surface area (Å²) in [6.07, 6.45) is -4.78. The summed E-state index contributed by atoms with van der Waals surface area (Å²) in [6.45, 7) is -0.188. The van der Waals surface area contributed by atoms with Crippen LogP contribution in [0.3, 0.4) is 0 Å². The third-order valence-corrected chi connectivity index (χ3v) is 4.50. The van der Waals surface area contributed by atoms with E-state index in [0.717, 1.165) is 24.3 Å². The van der Waals surface area contributed by atoms with Crippen LogP contribution in [0.2, 0.25) is 0 Å². The number of rotatable bonds is 6. The fraction of sp³-hybridized carbons (Fsp3) is 0.111. The van der Waals surface area contributed by atoms with Crippen molar-refractivity contribution in [1.82, 2.24) is 4.98 Å². The van der Waals surface area contributed by atoms with E-state index in [1.54, 1.807) is 5.38 Å². The van der Waals surface area contributed by atoms with Gasteiger partial charge in [0.2, 0.25) is 0 Å². The number of aromatic nitrogens is 1. The lowest BCUT2D eigenvalue weighted by Crippen LogP contribution is -2.16. The van der Waals surface area contributed by atoms with Crippen LogP contribution in [-0.2, 0) is 6.61 Å². The van der Waals surface area contributed by atoms with Gasteiger partial charge in [0, 0.05) is 10.9 Å². The Hall–Kier alpha value is -3.21. The molecule has 0 unspecified atom stereocenters. The number of amides is 1. The van der Waals surface area contributed by atoms with Gasteiger partial charge in [0.05, 0.1) is 5.69 Å². The van der Waals surface area contributed by atoms with Gasteiger partial charge in [-0.05, 0) is 36.4 Å². The van der Waals surface area contributed by atoms with E-state index in [9.17, 15) is 26.7 Å². The molecule has 1 aromatic heterocycles. The molecule has 0 spiro atoms. The van der Waals surface area contributed by atoms with E-state index in [0.29, 0.717) is 16.3 Å². The number of halogens is 5. The fourth-order valence-electron chi connectivity index (χ4n) is 2.33. The Balaban J connectivity index is 1.70. The molecule has 2 aromatic carbocycles. The Morgan fingerprint density at radius 2 is 1.79 bits per heavy atom. The van der Waals surface area contributed by atoms with Crippen molar-refractivity contribution >= 4 is 17.2 Å². The van der Waals surface area contributed by atoms with Crippen LogP contribution in [0.25, 0.3) is 10.6 Å². The molecule has 0 saturated carbocycles. The Kier molecular flexibility index (Phi) is 5.69. The lowest BCUT2D eigenvalue weighted by Gasteiger charge is -2.09. The molecule has 0 aliphatic heterocycles. The summed E-state index contributed by atoms with van der Waals surface area (Å²) in [5.41, 5.74) is 4.98. The molecule has 0 saturated heterocycles. The molecule has 2 N–H and O–H groups in total. The lowest BCUT2D eigenvalue weighted by molar-refractivity contribution is -0.274. The average Bonchev–Trinajstić information content (AvgIpc) is 3.09. The molecule has 0 bridgehead atoms. The summed E-state index contributed by atoms with van der Waals surface area (Å²) < 4.78 is 73.2. The molecular weight excluding hydrogens is 419 g/mol. The quantitative estimate of drug-likeness (QED) is 0.577. The maximum atomic E-state index is 14.1. The summed E-state index contributed by atoms with van der Waals surface area (Å²) >= 11 is 1.19. The molecular formula is C18H11F5N2O3S. The topological polar surface area (TPSA) is 74.4 Å². The zero-order chi connectivity index (χ0) is 21.2. The molecule has 5 nitrogen and oxygen atoms in total. The van der Waals surface area contributed by atoms with Crippen LogP contribution >= 0.6 is 11.3 Å². The molecule has 3 aromatic rings. The minimum atomic E-state index is -4.78. The Bertz CT molecular complexity index is 1030. The van der Waals surface area contributed by atoms with E-state index in [2.05, 4.69) is 9.72 Å². The highest BCUT2D eigenvalue weighted by molar-refractivity contribution is 7.13. The van der Waals surface area contributed by atoms with Crippen molar-refractivity contribution in [2.24, 2.45) is 5.73 Å². The van der Waals surface area contributed by atoms with Gasteiger partial charge in [-0.25, -0.2) is 13.8 Å². The standard InChI is InChI=1S/C18H11F5N2O3S/c19-12-5-6-13(15(20)14(12)16(24)26)27-7-10-8-29-17(25-10)9-1-3-11(4-2-9)28-18(21,22)23/h1-6,8H,7H2,(H2,24,26). The van der Waals surface area contributed by atoms with Crippen LogP contribution in [0.4, 0.5) is 22.0 Å². The molecule has 0 aliphatic carbocycles. The summed E-state index contributed by atoms with van der Waals surface area (Å²) in [5, 5.41) is 2.09. The normalized spacial score (nSPS) is 11.3. The predicted octanol–water partition coefficient (Wildman–Crippen LogP) is 4.66. The highest BCUT2D eigenvalue weighted by Gasteiger charge is 2.31. The van der Waals surface area contributed by atoms with E-state index in [4.69, 9.17) is 10.5 Å². The van der Waals surface area contributed by atoms with Crippen LogP contribution in [-0.4, -0.2) is 17.3 Å². The average molecular weight is 430 g/mol. The molecule has 29 heavy (non-hydrogen) atoms. The van der Waals surface area contributed by atoms with Crippen molar-refractivity contribution in [2.75, 3.05) is 0 Å². The second-order valence-electron chi connectivity index (χ2n) is 5.60. The van der Waals surface area contributed by atoms with Gasteiger partial charge in [0.15, 0.2) is 11.6 Å². The largest absolute Gasteiger partial charge is 0.573 e. The number of carbonyl (C=O) groups is 1. The Labute approximate surface area is 164 Å². The van der Waals surface area contributed by atoms with Gasteiger partial charge in [-0.3, -0.25) is 4.79 Å². The number of nitrogens with two attached hydrogens (primary N) is 1. The monoisotopic (exact) mass is 430 g/mol. The maximum Gasteiger partial charge on any atom is 0.573 e. The van der Waals surface area contributed by atoms with Gasteiger partial charge in [-0.1, -0.05) is 0 Å². The lowest BCUT2D eigenvalue weighted by atomic mass is 10.1. The molecule has 3 rings (SSSR count). The molecule has 0 aliphatic rings. The second-order valence-corrected chi connectivity index (χ2v) is 6.46. The number of benzene rings is 2. The molecule has 152 valence electrons. The van der Waals surface area contributed by atoms with Crippen molar-refractivity contribution in [3.8, 4) is 22.1 Å². The van der Waals surface area contributed by atoms with Crippen LogP contribution < -0.4 is 15.2 Å². The van der Waals surface area contributed by atoms with E-state index in [-0.39, 0.29) is 18.1 Å². The smallest absolute Gasteiger partial charge is 0.484 e. The van der Waals surface area contributed by atoms with Crippen molar-refractivity contribution in [1.29, 1.82) is 0 Å². The second kappa shape index (κ2) is 8.03. The highest BCUT2D eigenvalue weighted by atomic mass is 32.1. The van der Waals surface area contributed by atoms with Gasteiger partial charge >= 0.3 is 6.36 Å². The van der Waals surface area contributed by atoms with Gasteiger partial charge in [-0.2, -0.15) is 0 Å². The molecule has 0 atom stereocenters. The van der Waals surface area contributed by atoms with Crippen LogP contribution in [0.1, 0.15) is 16.1 Å². The van der Waals surface area contributed by atoms with Crippen molar-refractivity contribution in [3.63, 3.8) is 0 Å². The first-order valence-corrected chi connectivity index (χ1v) is 8.73. The van der Waals surface area contributed by atoms with Crippen LogP contribution in [0, 0.1) is 11.6 Å². The first-order valence-electron chi connectivity index (χ1n) is 7.85. The van der Waals surface area contributed by atoms with Crippen molar-refractivity contribution < 1.29 is 36.2 Å². The zero-order valence-electron chi connectivity index (χ0n) is 14.3. The minimum absolute atomic E-state index is 0.188. The van der Waals surface area contributed by atoms with E-state index < -0.39 is 29.5 Å². The van der Waals surface area contributed by atoms with E-state index >= 15 is 0 Å². The number of hydrogen-bond acceptors (Lipinski definition) is 5. The number of ether oxygens (including phenoxy) is 2. The number of carbonyl (C=O) groups excluding carboxylic acids is 1. The van der Waals surface area contributed by atoms with Gasteiger partial charge in [-0.15, -0.1) is 24.5 Å². The van der Waals surface area contributed by atoms with Gasteiger partial charge in [0.25, 0.3) is 5.91 Å². The van der Waals surface area contributed by atoms with E-state index in [1.165, 1.54) is 23.5 Å². The molecule has 1 amide bonds. The van der Waals surface area contributed by atoms with Gasteiger partial charge in [0.1, 0.15) is 28.7 Å². The van der Waals surface area contributed by atoms with Crippen LogP contribution in [0.5, 0.6) is 11.5 Å². The highest BCUT2D eigenvalue weighted by Crippen LogP contribution is 2.29. The van der Waals surface area contributed by atoms with E-state index in [1.807, 2.05) is 0 Å². The SMILES string of the molecule is NC(=O)c1c(F)ccc(OCc2csc(-c3ccc(OC(F)(F)F)cc3)n2)c1F. The molecule has 0 fully saturated rings. The number of nitrogens with zero attached hydrogens (tertiary/aromatic N) is 1.